The number of nitrogens with one attached hydrogen (secondary N) is 2. The normalized spacial score (nSPS) is 30.3. The molecular weight excluding hydrogens is 198 g/mol. The lowest BCUT2D eigenvalue weighted by atomic mass is 9.99. The van der Waals surface area contributed by atoms with Crippen LogP contribution in [-0.2, 0) is 9.53 Å². The van der Waals surface area contributed by atoms with E-state index in [2.05, 4.69) is 10.6 Å². The lowest BCUT2D eigenvalue weighted by Gasteiger charge is -2.18. The molecule has 1 atom stereocenters. The molecule has 2 saturated heterocycles. The number of carbonyl (C=O) groups excluding carboxylic acids is 2. The topological polar surface area (TPSA) is 70.7 Å². The molecule has 6 nitrogen and oxygen atoms in total. The third-order valence-electron chi connectivity index (χ3n) is 2.92. The summed E-state index contributed by atoms with van der Waals surface area (Å²) in [6.07, 6.45) is 0.668. The van der Waals surface area contributed by atoms with Gasteiger partial charge in [-0.1, -0.05) is 0 Å². The summed E-state index contributed by atoms with van der Waals surface area (Å²) in [5.41, 5.74) is -0.690. The van der Waals surface area contributed by atoms with E-state index in [9.17, 15) is 9.59 Å². The van der Waals surface area contributed by atoms with Gasteiger partial charge in [-0.3, -0.25) is 9.69 Å². The van der Waals surface area contributed by atoms with Crippen molar-refractivity contribution in [3.05, 3.63) is 0 Å². The summed E-state index contributed by atoms with van der Waals surface area (Å²) in [5.74, 6) is -0.130. The van der Waals surface area contributed by atoms with Gasteiger partial charge in [0.1, 0.15) is 5.54 Å². The van der Waals surface area contributed by atoms with E-state index in [1.807, 2.05) is 0 Å². The Morgan fingerprint density at radius 1 is 1.53 bits per heavy atom. The molecule has 2 aliphatic rings. The standard InChI is InChI=1S/C9H15N3O3/c1-15-5-4-12-7(13)9(11-8(12)14)2-3-10-6-9/h10H,2-6H2,1H3,(H,11,14)/t9-/m0/s1. The summed E-state index contributed by atoms with van der Waals surface area (Å²) in [5, 5.41) is 5.85. The molecule has 2 fully saturated rings. The highest BCUT2D eigenvalue weighted by molar-refractivity contribution is 6.07. The monoisotopic (exact) mass is 213 g/mol. The molecule has 2 N–H and O–H groups in total. The predicted octanol–water partition coefficient (Wildman–Crippen LogP) is -1.08. The third kappa shape index (κ3) is 1.59. The Morgan fingerprint density at radius 2 is 2.33 bits per heavy atom. The molecule has 0 aliphatic carbocycles. The lowest BCUT2D eigenvalue weighted by Crippen LogP contribution is -2.48. The van der Waals surface area contributed by atoms with Crippen LogP contribution < -0.4 is 10.6 Å². The molecule has 84 valence electrons. The molecule has 6 heteroatoms. The number of ether oxygens (including phenoxy) is 1. The highest BCUT2D eigenvalue weighted by Crippen LogP contribution is 2.23. The van der Waals surface area contributed by atoms with E-state index in [1.54, 1.807) is 7.11 Å². The van der Waals surface area contributed by atoms with Crippen molar-refractivity contribution in [3.8, 4) is 0 Å². The minimum atomic E-state index is -0.690. The molecule has 2 rings (SSSR count). The van der Waals surface area contributed by atoms with Crippen LogP contribution in [0.25, 0.3) is 0 Å². The lowest BCUT2D eigenvalue weighted by molar-refractivity contribution is -0.131. The van der Waals surface area contributed by atoms with Crippen LogP contribution in [0.1, 0.15) is 6.42 Å². The van der Waals surface area contributed by atoms with Crippen LogP contribution in [0.2, 0.25) is 0 Å². The number of methoxy groups -OCH3 is 1. The number of urea groups is 1. The van der Waals surface area contributed by atoms with Gasteiger partial charge in [0.15, 0.2) is 0 Å². The Bertz CT molecular complexity index is 286. The van der Waals surface area contributed by atoms with Gasteiger partial charge < -0.3 is 15.4 Å². The Balaban J connectivity index is 2.08. The molecule has 0 aromatic heterocycles. The van der Waals surface area contributed by atoms with Gasteiger partial charge in [-0.25, -0.2) is 4.79 Å². The zero-order valence-electron chi connectivity index (χ0n) is 8.71. The smallest absolute Gasteiger partial charge is 0.325 e. The number of nitrogens with zero attached hydrogens (tertiary/aromatic N) is 1. The van der Waals surface area contributed by atoms with Gasteiger partial charge in [-0.05, 0) is 13.0 Å². The van der Waals surface area contributed by atoms with Gasteiger partial charge in [-0.2, -0.15) is 0 Å². The molecule has 0 bridgehead atoms. The molecule has 2 aliphatic heterocycles. The summed E-state index contributed by atoms with van der Waals surface area (Å²) >= 11 is 0. The predicted molar refractivity (Wildman–Crippen MR) is 52.3 cm³/mol. The minimum Gasteiger partial charge on any atom is -0.383 e. The number of amides is 3. The van der Waals surface area contributed by atoms with E-state index in [0.29, 0.717) is 26.1 Å². The first-order chi connectivity index (χ1) is 7.19. The summed E-state index contributed by atoms with van der Waals surface area (Å²) in [4.78, 5) is 24.8. The van der Waals surface area contributed by atoms with Gasteiger partial charge in [0.25, 0.3) is 5.91 Å². The van der Waals surface area contributed by atoms with Gasteiger partial charge in [0.2, 0.25) is 0 Å². The van der Waals surface area contributed by atoms with Crippen molar-refractivity contribution < 1.29 is 14.3 Å². The van der Waals surface area contributed by atoms with Crippen LogP contribution in [0, 0.1) is 0 Å². The Kier molecular flexibility index (Phi) is 2.62. The first-order valence-electron chi connectivity index (χ1n) is 5.03. The van der Waals surface area contributed by atoms with Gasteiger partial charge in [-0.15, -0.1) is 0 Å². The van der Waals surface area contributed by atoms with Crippen LogP contribution in [-0.4, -0.2) is 55.7 Å². The van der Waals surface area contributed by atoms with Crippen LogP contribution in [0.15, 0.2) is 0 Å². The molecule has 0 saturated carbocycles. The number of hydrogen-bond donors (Lipinski definition) is 2. The fraction of sp³-hybridized carbons (Fsp3) is 0.778. The van der Waals surface area contributed by atoms with Crippen molar-refractivity contribution in [3.63, 3.8) is 0 Å². The van der Waals surface area contributed by atoms with Crippen LogP contribution in [0.5, 0.6) is 0 Å². The molecule has 0 unspecified atom stereocenters. The van der Waals surface area contributed by atoms with Crippen molar-refractivity contribution in [2.45, 2.75) is 12.0 Å². The Hall–Kier alpha value is -1.14. The Morgan fingerprint density at radius 3 is 2.93 bits per heavy atom. The fourth-order valence-corrected chi connectivity index (χ4v) is 2.04. The van der Waals surface area contributed by atoms with E-state index in [0.717, 1.165) is 6.54 Å². The zero-order chi connectivity index (χ0) is 10.9. The van der Waals surface area contributed by atoms with Crippen molar-refractivity contribution in [2.75, 3.05) is 33.4 Å². The molecular formula is C9H15N3O3. The van der Waals surface area contributed by atoms with E-state index in [1.165, 1.54) is 4.90 Å². The molecule has 0 aromatic rings. The zero-order valence-corrected chi connectivity index (χ0v) is 8.71. The number of carbonyl (C=O) groups is 2. The van der Waals surface area contributed by atoms with E-state index >= 15 is 0 Å². The number of hydrogen-bond acceptors (Lipinski definition) is 4. The molecule has 0 radical (unpaired) electrons. The van der Waals surface area contributed by atoms with Crippen molar-refractivity contribution in [1.29, 1.82) is 0 Å². The maximum atomic E-state index is 12.0. The highest BCUT2D eigenvalue weighted by Gasteiger charge is 2.52. The second kappa shape index (κ2) is 3.79. The summed E-state index contributed by atoms with van der Waals surface area (Å²) in [7, 11) is 1.55. The summed E-state index contributed by atoms with van der Waals surface area (Å²) < 4.78 is 4.86. The molecule has 1 spiro atoms. The van der Waals surface area contributed by atoms with E-state index < -0.39 is 5.54 Å². The average molecular weight is 213 g/mol. The van der Waals surface area contributed by atoms with Crippen molar-refractivity contribution in [1.82, 2.24) is 15.5 Å². The minimum absolute atomic E-state index is 0.130. The number of imide groups is 1. The molecule has 15 heavy (non-hydrogen) atoms. The second-order valence-corrected chi connectivity index (χ2v) is 3.89. The maximum Gasteiger partial charge on any atom is 0.325 e. The summed E-state index contributed by atoms with van der Waals surface area (Å²) in [6, 6.07) is -0.305. The van der Waals surface area contributed by atoms with E-state index in [-0.39, 0.29) is 11.9 Å². The van der Waals surface area contributed by atoms with Crippen LogP contribution in [0.3, 0.4) is 0 Å². The van der Waals surface area contributed by atoms with Crippen molar-refractivity contribution in [2.24, 2.45) is 0 Å². The van der Waals surface area contributed by atoms with Crippen molar-refractivity contribution >= 4 is 11.9 Å². The first kappa shape index (κ1) is 10.4. The third-order valence-corrected chi connectivity index (χ3v) is 2.92. The van der Waals surface area contributed by atoms with Gasteiger partial charge in [0.05, 0.1) is 13.2 Å². The van der Waals surface area contributed by atoms with Crippen LogP contribution in [0.4, 0.5) is 4.79 Å². The van der Waals surface area contributed by atoms with Crippen LogP contribution >= 0.6 is 0 Å². The molecule has 2 heterocycles. The average Bonchev–Trinajstić information content (AvgIpc) is 2.75. The fourth-order valence-electron chi connectivity index (χ4n) is 2.04. The highest BCUT2D eigenvalue weighted by atomic mass is 16.5. The SMILES string of the molecule is COCCN1C(=O)N[C@]2(CCNC2)C1=O. The van der Waals surface area contributed by atoms with E-state index in [4.69, 9.17) is 4.74 Å². The number of rotatable bonds is 3. The quantitative estimate of drug-likeness (QED) is 0.585. The summed E-state index contributed by atoms with van der Waals surface area (Å²) in [6.45, 7) is 2.00. The largest absolute Gasteiger partial charge is 0.383 e. The molecule has 0 aromatic carbocycles. The second-order valence-electron chi connectivity index (χ2n) is 3.89. The molecule has 3 amide bonds. The first-order valence-corrected chi connectivity index (χ1v) is 5.03. The Labute approximate surface area is 87.9 Å². The maximum absolute atomic E-state index is 12.0. The van der Waals surface area contributed by atoms with Gasteiger partial charge in [0, 0.05) is 13.7 Å². The van der Waals surface area contributed by atoms with Gasteiger partial charge >= 0.3 is 6.03 Å².